The molecule has 1 N–H and O–H groups in total. The van der Waals surface area contributed by atoms with Crippen molar-refractivity contribution in [2.45, 2.75) is 32.2 Å². The molecule has 1 aliphatic heterocycles. The molecule has 2 rings (SSSR count). The minimum absolute atomic E-state index is 0.223. The van der Waals surface area contributed by atoms with E-state index in [1.807, 2.05) is 6.92 Å². The van der Waals surface area contributed by atoms with Gasteiger partial charge < -0.3 is 14.8 Å². The van der Waals surface area contributed by atoms with E-state index in [-0.39, 0.29) is 12.1 Å². The topological polar surface area (TPSA) is 65.4 Å². The average Bonchev–Trinajstić information content (AvgIpc) is 2.87. The van der Waals surface area contributed by atoms with E-state index >= 15 is 0 Å². The van der Waals surface area contributed by atoms with Crippen LogP contribution in [0.3, 0.4) is 0 Å². The highest BCUT2D eigenvalue weighted by Gasteiger charge is 2.32. The van der Waals surface area contributed by atoms with Gasteiger partial charge in [-0.1, -0.05) is 5.16 Å². The zero-order valence-corrected chi connectivity index (χ0v) is 10.8. The van der Waals surface area contributed by atoms with Gasteiger partial charge >= 0.3 is 6.09 Å². The molecule has 6 heteroatoms. The summed E-state index contributed by atoms with van der Waals surface area (Å²) in [5.41, 5.74) is 0.889. The van der Waals surface area contributed by atoms with Gasteiger partial charge in [0, 0.05) is 26.2 Å². The second-order valence-corrected chi connectivity index (χ2v) is 4.72. The van der Waals surface area contributed by atoms with Crippen LogP contribution in [0.5, 0.6) is 0 Å². The second-order valence-electron chi connectivity index (χ2n) is 4.72. The quantitative estimate of drug-likeness (QED) is 0.593. The molecule has 1 heterocycles. The van der Waals surface area contributed by atoms with Crippen molar-refractivity contribution in [3.05, 3.63) is 0 Å². The summed E-state index contributed by atoms with van der Waals surface area (Å²) in [6.45, 7) is 5.26. The number of oxime groups is 1. The third-order valence-corrected chi connectivity index (χ3v) is 3.70. The van der Waals surface area contributed by atoms with Gasteiger partial charge in [0.2, 0.25) is 0 Å². The molecule has 2 aliphatic rings. The molecule has 0 radical (unpaired) electrons. The van der Waals surface area contributed by atoms with Gasteiger partial charge in [-0.3, -0.25) is 4.90 Å². The van der Waals surface area contributed by atoms with Gasteiger partial charge in [-0.05, 0) is 26.2 Å². The Hall–Kier alpha value is -1.30. The molecule has 0 spiro atoms. The normalized spacial score (nSPS) is 27.7. The van der Waals surface area contributed by atoms with Crippen molar-refractivity contribution in [1.29, 1.82) is 0 Å². The van der Waals surface area contributed by atoms with Crippen LogP contribution in [0.25, 0.3) is 0 Å². The van der Waals surface area contributed by atoms with E-state index in [1.165, 1.54) is 0 Å². The number of ether oxygens (including phenoxy) is 1. The number of rotatable bonds is 2. The summed E-state index contributed by atoms with van der Waals surface area (Å²) in [6, 6.07) is 0.263. The molecular weight excluding hydrogens is 234 g/mol. The van der Waals surface area contributed by atoms with Gasteiger partial charge in [-0.25, -0.2) is 4.79 Å². The Morgan fingerprint density at radius 3 is 2.78 bits per heavy atom. The van der Waals surface area contributed by atoms with Crippen LogP contribution < -0.4 is 0 Å². The molecule has 6 nitrogen and oxygen atoms in total. The van der Waals surface area contributed by atoms with E-state index in [4.69, 9.17) is 9.94 Å². The summed E-state index contributed by atoms with van der Waals surface area (Å²) in [6.07, 6.45) is 2.81. The highest BCUT2D eigenvalue weighted by molar-refractivity contribution is 5.90. The van der Waals surface area contributed by atoms with Crippen molar-refractivity contribution in [3.63, 3.8) is 0 Å². The maximum Gasteiger partial charge on any atom is 0.409 e. The van der Waals surface area contributed by atoms with E-state index in [9.17, 15) is 4.79 Å². The molecule has 1 aliphatic carbocycles. The first kappa shape index (κ1) is 13.1. The van der Waals surface area contributed by atoms with Gasteiger partial charge in [0.1, 0.15) is 0 Å². The lowest BCUT2D eigenvalue weighted by Gasteiger charge is -2.37. The summed E-state index contributed by atoms with van der Waals surface area (Å²) >= 11 is 0. The molecule has 1 amide bonds. The SMILES string of the molecule is CCOC(=O)N1CCN([C@H]2CCC/C2=N\O)CC1. The maximum atomic E-state index is 11.6. The molecule has 102 valence electrons. The molecule has 1 saturated carbocycles. The van der Waals surface area contributed by atoms with Crippen molar-refractivity contribution in [2.24, 2.45) is 5.16 Å². The lowest BCUT2D eigenvalue weighted by molar-refractivity contribution is 0.0743. The summed E-state index contributed by atoms with van der Waals surface area (Å²) < 4.78 is 4.99. The first-order valence-electron chi connectivity index (χ1n) is 6.62. The standard InChI is InChI=1S/C12H21N3O3/c1-2-18-12(16)15-8-6-14(7-9-15)11-5-3-4-10(11)13-17/h11,17H,2-9H2,1H3/b13-10+/t11-/m0/s1. The number of hydrogen-bond donors (Lipinski definition) is 1. The van der Waals surface area contributed by atoms with Crippen LogP contribution in [-0.4, -0.2) is 65.6 Å². The second kappa shape index (κ2) is 6.04. The fourth-order valence-corrected chi connectivity index (χ4v) is 2.75. The molecule has 0 aromatic carbocycles. The molecular formula is C12H21N3O3. The molecule has 1 saturated heterocycles. The summed E-state index contributed by atoms with van der Waals surface area (Å²) in [5.74, 6) is 0. The van der Waals surface area contributed by atoms with E-state index in [1.54, 1.807) is 4.90 Å². The third-order valence-electron chi connectivity index (χ3n) is 3.70. The first-order chi connectivity index (χ1) is 8.76. The summed E-state index contributed by atoms with van der Waals surface area (Å²) in [5, 5.41) is 12.4. The predicted molar refractivity (Wildman–Crippen MR) is 67.0 cm³/mol. The van der Waals surface area contributed by atoms with Crippen LogP contribution in [0.15, 0.2) is 5.16 Å². The van der Waals surface area contributed by atoms with Crippen LogP contribution in [-0.2, 0) is 4.74 Å². The first-order valence-corrected chi connectivity index (χ1v) is 6.62. The average molecular weight is 255 g/mol. The minimum Gasteiger partial charge on any atom is -0.450 e. The van der Waals surface area contributed by atoms with Crippen LogP contribution in [0.2, 0.25) is 0 Å². The minimum atomic E-state index is -0.223. The van der Waals surface area contributed by atoms with Gasteiger partial charge in [0.25, 0.3) is 0 Å². The molecule has 0 aromatic heterocycles. The van der Waals surface area contributed by atoms with Crippen molar-refractivity contribution in [2.75, 3.05) is 32.8 Å². The van der Waals surface area contributed by atoms with Crippen molar-refractivity contribution in [1.82, 2.24) is 9.80 Å². The molecule has 18 heavy (non-hydrogen) atoms. The van der Waals surface area contributed by atoms with Crippen molar-refractivity contribution in [3.8, 4) is 0 Å². The van der Waals surface area contributed by atoms with E-state index in [0.29, 0.717) is 19.7 Å². The van der Waals surface area contributed by atoms with Crippen molar-refractivity contribution >= 4 is 11.8 Å². The van der Waals surface area contributed by atoms with Crippen LogP contribution in [0.4, 0.5) is 4.79 Å². The Morgan fingerprint density at radius 1 is 1.44 bits per heavy atom. The largest absolute Gasteiger partial charge is 0.450 e. The lowest BCUT2D eigenvalue weighted by atomic mass is 10.1. The Balaban J connectivity index is 1.85. The maximum absolute atomic E-state index is 11.6. The van der Waals surface area contributed by atoms with Crippen LogP contribution in [0.1, 0.15) is 26.2 Å². The number of carbonyl (C=O) groups excluding carboxylic acids is 1. The van der Waals surface area contributed by atoms with Crippen LogP contribution >= 0.6 is 0 Å². The Bertz CT molecular complexity index is 325. The van der Waals surface area contributed by atoms with Gasteiger partial charge in [0.15, 0.2) is 0 Å². The van der Waals surface area contributed by atoms with E-state index in [2.05, 4.69) is 10.1 Å². The Morgan fingerprint density at radius 2 is 2.17 bits per heavy atom. The highest BCUT2D eigenvalue weighted by atomic mass is 16.6. The number of hydrogen-bond acceptors (Lipinski definition) is 5. The number of nitrogens with zero attached hydrogens (tertiary/aromatic N) is 3. The van der Waals surface area contributed by atoms with E-state index < -0.39 is 0 Å². The van der Waals surface area contributed by atoms with Crippen molar-refractivity contribution < 1.29 is 14.7 Å². The fourth-order valence-electron chi connectivity index (χ4n) is 2.75. The smallest absolute Gasteiger partial charge is 0.409 e. The Labute approximate surface area is 107 Å². The zero-order chi connectivity index (χ0) is 13.0. The number of carbonyl (C=O) groups is 1. The Kier molecular flexibility index (Phi) is 4.41. The number of piperazine rings is 1. The lowest BCUT2D eigenvalue weighted by Crippen LogP contribution is -2.53. The highest BCUT2D eigenvalue weighted by Crippen LogP contribution is 2.22. The summed E-state index contributed by atoms with van der Waals surface area (Å²) in [4.78, 5) is 15.6. The molecule has 0 unspecified atom stereocenters. The zero-order valence-electron chi connectivity index (χ0n) is 10.8. The van der Waals surface area contributed by atoms with Gasteiger partial charge in [0.05, 0.1) is 18.4 Å². The molecule has 0 bridgehead atoms. The van der Waals surface area contributed by atoms with E-state index in [0.717, 1.165) is 38.1 Å². The molecule has 2 fully saturated rings. The third kappa shape index (κ3) is 2.75. The molecule has 0 aromatic rings. The predicted octanol–water partition coefficient (Wildman–Crippen LogP) is 1.14. The molecule has 1 atom stereocenters. The van der Waals surface area contributed by atoms with Gasteiger partial charge in [-0.15, -0.1) is 0 Å². The van der Waals surface area contributed by atoms with Gasteiger partial charge in [-0.2, -0.15) is 0 Å². The summed E-state index contributed by atoms with van der Waals surface area (Å²) in [7, 11) is 0. The van der Waals surface area contributed by atoms with Crippen LogP contribution in [0, 0.1) is 0 Å². The monoisotopic (exact) mass is 255 g/mol. The number of amides is 1. The fraction of sp³-hybridized carbons (Fsp3) is 0.833.